The number of halogens is 1. The first-order chi connectivity index (χ1) is 7.33. The summed E-state index contributed by atoms with van der Waals surface area (Å²) in [4.78, 5) is 8.29. The molecule has 0 saturated carbocycles. The average molecular weight is 267 g/mol. The molecule has 15 heavy (non-hydrogen) atoms. The summed E-state index contributed by atoms with van der Waals surface area (Å²) < 4.78 is 2.96. The minimum absolute atomic E-state index is 0.597. The van der Waals surface area contributed by atoms with Crippen molar-refractivity contribution in [1.82, 2.24) is 14.5 Å². The maximum absolute atomic E-state index is 5.53. The van der Waals surface area contributed by atoms with Crippen LogP contribution < -0.4 is 5.73 Å². The largest absolute Gasteiger partial charge is 0.330 e. The first-order valence-electron chi connectivity index (χ1n) is 4.65. The predicted octanol–water partition coefficient (Wildman–Crippen LogP) is 1.53. The van der Waals surface area contributed by atoms with Crippen molar-refractivity contribution in [3.63, 3.8) is 0 Å². The normalized spacial score (nSPS) is 10.5. The highest BCUT2D eigenvalue weighted by Crippen LogP contribution is 2.20. The Hall–Kier alpha value is -1.20. The summed E-state index contributed by atoms with van der Waals surface area (Å²) in [6.07, 6.45) is 7.98. The lowest BCUT2D eigenvalue weighted by atomic mass is 10.3. The van der Waals surface area contributed by atoms with Gasteiger partial charge < -0.3 is 10.3 Å². The molecule has 2 aromatic heterocycles. The van der Waals surface area contributed by atoms with Gasteiger partial charge in [0.15, 0.2) is 0 Å². The molecule has 0 unspecified atom stereocenters. The third-order valence-electron chi connectivity index (χ3n) is 2.10. The Morgan fingerprint density at radius 3 is 3.00 bits per heavy atom. The molecule has 0 spiro atoms. The van der Waals surface area contributed by atoms with Gasteiger partial charge >= 0.3 is 0 Å². The van der Waals surface area contributed by atoms with E-state index in [2.05, 4.69) is 25.9 Å². The molecule has 4 nitrogen and oxygen atoms in total. The summed E-state index contributed by atoms with van der Waals surface area (Å²) in [5, 5.41) is 0. The molecule has 0 aromatic carbocycles. The molecule has 0 atom stereocenters. The van der Waals surface area contributed by atoms with E-state index >= 15 is 0 Å². The third kappa shape index (κ3) is 2.08. The SMILES string of the molecule is NCCc1nccn1-c1ccncc1Br. The van der Waals surface area contributed by atoms with E-state index in [-0.39, 0.29) is 0 Å². The molecule has 0 aliphatic rings. The zero-order valence-corrected chi connectivity index (χ0v) is 9.68. The second-order valence-electron chi connectivity index (χ2n) is 3.08. The lowest BCUT2D eigenvalue weighted by molar-refractivity contribution is 0.834. The molecule has 0 radical (unpaired) electrons. The quantitative estimate of drug-likeness (QED) is 0.917. The number of nitrogens with zero attached hydrogens (tertiary/aromatic N) is 3. The Morgan fingerprint density at radius 2 is 2.27 bits per heavy atom. The molecule has 0 saturated heterocycles. The Kier molecular flexibility index (Phi) is 3.13. The van der Waals surface area contributed by atoms with E-state index in [0.717, 1.165) is 22.4 Å². The van der Waals surface area contributed by atoms with E-state index < -0.39 is 0 Å². The van der Waals surface area contributed by atoms with Gasteiger partial charge in [0.2, 0.25) is 0 Å². The van der Waals surface area contributed by atoms with Gasteiger partial charge in [-0.25, -0.2) is 4.98 Å². The molecule has 0 aliphatic carbocycles. The summed E-state index contributed by atoms with van der Waals surface area (Å²) >= 11 is 3.46. The fourth-order valence-electron chi connectivity index (χ4n) is 1.43. The zero-order chi connectivity index (χ0) is 10.7. The van der Waals surface area contributed by atoms with Crippen LogP contribution in [0.2, 0.25) is 0 Å². The van der Waals surface area contributed by atoms with Crippen LogP contribution in [-0.4, -0.2) is 21.1 Å². The van der Waals surface area contributed by atoms with Gasteiger partial charge in [-0.1, -0.05) is 0 Å². The van der Waals surface area contributed by atoms with Gasteiger partial charge in [0.1, 0.15) is 5.82 Å². The van der Waals surface area contributed by atoms with Gasteiger partial charge in [0.25, 0.3) is 0 Å². The minimum atomic E-state index is 0.597. The van der Waals surface area contributed by atoms with Crippen LogP contribution in [0.15, 0.2) is 35.3 Å². The number of nitrogens with two attached hydrogens (primary N) is 1. The number of rotatable bonds is 3. The van der Waals surface area contributed by atoms with E-state index in [4.69, 9.17) is 5.73 Å². The van der Waals surface area contributed by atoms with Gasteiger partial charge in [-0.3, -0.25) is 4.98 Å². The topological polar surface area (TPSA) is 56.7 Å². The molecule has 2 N–H and O–H groups in total. The first-order valence-corrected chi connectivity index (χ1v) is 5.44. The van der Waals surface area contributed by atoms with Crippen molar-refractivity contribution in [3.8, 4) is 5.69 Å². The number of imidazole rings is 1. The minimum Gasteiger partial charge on any atom is -0.330 e. The van der Waals surface area contributed by atoms with Crippen molar-refractivity contribution in [1.29, 1.82) is 0 Å². The Balaban J connectivity index is 2.45. The zero-order valence-electron chi connectivity index (χ0n) is 8.10. The smallest absolute Gasteiger partial charge is 0.114 e. The summed E-state index contributed by atoms with van der Waals surface area (Å²) in [7, 11) is 0. The first kappa shape index (κ1) is 10.3. The Labute approximate surface area is 96.3 Å². The fourth-order valence-corrected chi connectivity index (χ4v) is 1.87. The van der Waals surface area contributed by atoms with E-state index in [1.54, 1.807) is 18.6 Å². The molecule has 0 amide bonds. The van der Waals surface area contributed by atoms with Crippen molar-refractivity contribution in [2.24, 2.45) is 5.73 Å². The highest BCUT2D eigenvalue weighted by atomic mass is 79.9. The number of hydrogen-bond donors (Lipinski definition) is 1. The molecule has 0 fully saturated rings. The fraction of sp³-hybridized carbons (Fsp3) is 0.200. The summed E-state index contributed by atoms with van der Waals surface area (Å²) in [6, 6.07) is 1.94. The van der Waals surface area contributed by atoms with Crippen LogP contribution in [0.25, 0.3) is 5.69 Å². The van der Waals surface area contributed by atoms with Crippen LogP contribution in [0.4, 0.5) is 0 Å². The molecule has 5 heteroatoms. The van der Waals surface area contributed by atoms with Crippen LogP contribution in [0, 0.1) is 0 Å². The lowest BCUT2D eigenvalue weighted by Crippen LogP contribution is -2.09. The van der Waals surface area contributed by atoms with Crippen molar-refractivity contribution < 1.29 is 0 Å². The van der Waals surface area contributed by atoms with E-state index in [0.29, 0.717) is 6.54 Å². The highest BCUT2D eigenvalue weighted by molar-refractivity contribution is 9.10. The monoisotopic (exact) mass is 266 g/mol. The van der Waals surface area contributed by atoms with Gasteiger partial charge in [-0.2, -0.15) is 0 Å². The number of aromatic nitrogens is 3. The van der Waals surface area contributed by atoms with Crippen molar-refractivity contribution >= 4 is 15.9 Å². The second-order valence-corrected chi connectivity index (χ2v) is 3.93. The van der Waals surface area contributed by atoms with Crippen LogP contribution in [-0.2, 0) is 6.42 Å². The lowest BCUT2D eigenvalue weighted by Gasteiger charge is -2.08. The maximum Gasteiger partial charge on any atom is 0.114 e. The molecular formula is C10H11BrN4. The van der Waals surface area contributed by atoms with Crippen LogP contribution in [0.1, 0.15) is 5.82 Å². The summed E-state index contributed by atoms with van der Waals surface area (Å²) in [5.74, 6) is 0.962. The van der Waals surface area contributed by atoms with Gasteiger partial charge in [-0.05, 0) is 28.5 Å². The molecule has 78 valence electrons. The third-order valence-corrected chi connectivity index (χ3v) is 2.71. The second kappa shape index (κ2) is 4.55. The van der Waals surface area contributed by atoms with Crippen molar-refractivity contribution in [2.75, 3.05) is 6.54 Å². The molecule has 2 aromatic rings. The highest BCUT2D eigenvalue weighted by Gasteiger charge is 2.06. The number of pyridine rings is 1. The maximum atomic E-state index is 5.53. The Bertz CT molecular complexity index is 452. The molecule has 2 rings (SSSR count). The summed E-state index contributed by atoms with van der Waals surface area (Å²) in [5.41, 5.74) is 6.56. The van der Waals surface area contributed by atoms with Gasteiger partial charge in [0.05, 0.1) is 10.2 Å². The van der Waals surface area contributed by atoms with Crippen molar-refractivity contribution in [2.45, 2.75) is 6.42 Å². The average Bonchev–Trinajstić information content (AvgIpc) is 2.67. The van der Waals surface area contributed by atoms with Gasteiger partial charge in [-0.15, -0.1) is 0 Å². The van der Waals surface area contributed by atoms with Crippen molar-refractivity contribution in [3.05, 3.63) is 41.2 Å². The van der Waals surface area contributed by atoms with E-state index in [1.807, 2.05) is 16.8 Å². The van der Waals surface area contributed by atoms with Crippen LogP contribution in [0.5, 0.6) is 0 Å². The summed E-state index contributed by atoms with van der Waals surface area (Å²) in [6.45, 7) is 0.597. The van der Waals surface area contributed by atoms with Gasteiger partial charge in [0, 0.05) is 31.2 Å². The molecule has 0 bridgehead atoms. The van der Waals surface area contributed by atoms with Crippen LogP contribution in [0.3, 0.4) is 0 Å². The Morgan fingerprint density at radius 1 is 1.40 bits per heavy atom. The van der Waals surface area contributed by atoms with E-state index in [1.165, 1.54) is 0 Å². The molecule has 0 aliphatic heterocycles. The van der Waals surface area contributed by atoms with Crippen LogP contribution >= 0.6 is 15.9 Å². The standard InChI is InChI=1S/C10H11BrN4/c11-8-7-13-4-2-9(8)15-6-5-14-10(15)1-3-12/h2,4-7H,1,3,12H2. The molecular weight excluding hydrogens is 256 g/mol. The predicted molar refractivity (Wildman–Crippen MR) is 61.8 cm³/mol. The van der Waals surface area contributed by atoms with E-state index in [9.17, 15) is 0 Å². The number of hydrogen-bond acceptors (Lipinski definition) is 3. The molecule has 2 heterocycles.